The molecule has 0 atom stereocenters. The van der Waals surface area contributed by atoms with Gasteiger partial charge in [0.1, 0.15) is 5.82 Å². The molecule has 0 fully saturated rings. The van der Waals surface area contributed by atoms with Gasteiger partial charge in [-0.25, -0.2) is 4.39 Å². The van der Waals surface area contributed by atoms with Crippen LogP contribution in [-0.4, -0.2) is 0 Å². The SMILES string of the molecule is Cc1cc(F)cc(C)c1-c1ccc(Cl)cc1N. The number of anilines is 1. The van der Waals surface area contributed by atoms with Crippen LogP contribution in [0.15, 0.2) is 30.3 Å². The second-order valence-corrected chi connectivity index (χ2v) is 4.58. The fourth-order valence-electron chi connectivity index (χ4n) is 2.10. The quantitative estimate of drug-likeness (QED) is 0.748. The van der Waals surface area contributed by atoms with Gasteiger partial charge in [0, 0.05) is 16.3 Å². The largest absolute Gasteiger partial charge is 0.398 e. The summed E-state index contributed by atoms with van der Waals surface area (Å²) in [6.45, 7) is 3.75. The van der Waals surface area contributed by atoms with E-state index in [0.29, 0.717) is 10.7 Å². The Bertz CT molecular complexity index is 555. The Labute approximate surface area is 105 Å². The summed E-state index contributed by atoms with van der Waals surface area (Å²) >= 11 is 5.87. The minimum atomic E-state index is -0.226. The molecule has 0 radical (unpaired) electrons. The van der Waals surface area contributed by atoms with Crippen molar-refractivity contribution >= 4 is 17.3 Å². The summed E-state index contributed by atoms with van der Waals surface area (Å²) in [5.74, 6) is -0.226. The Morgan fingerprint density at radius 1 is 1.06 bits per heavy atom. The fraction of sp³-hybridized carbons (Fsp3) is 0.143. The Morgan fingerprint density at radius 3 is 2.18 bits per heavy atom. The van der Waals surface area contributed by atoms with E-state index in [1.54, 1.807) is 12.1 Å². The maximum absolute atomic E-state index is 13.2. The normalized spacial score (nSPS) is 10.6. The summed E-state index contributed by atoms with van der Waals surface area (Å²) in [4.78, 5) is 0. The van der Waals surface area contributed by atoms with Gasteiger partial charge >= 0.3 is 0 Å². The lowest BCUT2D eigenvalue weighted by molar-refractivity contribution is 0.625. The van der Waals surface area contributed by atoms with Crippen molar-refractivity contribution in [2.24, 2.45) is 0 Å². The first-order valence-corrected chi connectivity index (χ1v) is 5.69. The van der Waals surface area contributed by atoms with Crippen molar-refractivity contribution in [1.29, 1.82) is 0 Å². The average Bonchev–Trinajstić information content (AvgIpc) is 2.19. The van der Waals surface area contributed by atoms with E-state index in [1.807, 2.05) is 19.9 Å². The van der Waals surface area contributed by atoms with E-state index in [9.17, 15) is 4.39 Å². The van der Waals surface area contributed by atoms with Crippen LogP contribution in [0.4, 0.5) is 10.1 Å². The highest BCUT2D eigenvalue weighted by atomic mass is 35.5. The Balaban J connectivity index is 2.68. The van der Waals surface area contributed by atoms with Gasteiger partial charge in [-0.1, -0.05) is 17.7 Å². The third kappa shape index (κ3) is 2.27. The average molecular weight is 250 g/mol. The molecule has 0 bridgehead atoms. The van der Waals surface area contributed by atoms with E-state index in [2.05, 4.69) is 0 Å². The molecule has 17 heavy (non-hydrogen) atoms. The molecule has 0 aromatic heterocycles. The third-order valence-electron chi connectivity index (χ3n) is 2.78. The van der Waals surface area contributed by atoms with E-state index in [4.69, 9.17) is 17.3 Å². The van der Waals surface area contributed by atoms with Gasteiger partial charge in [0.05, 0.1) is 0 Å². The zero-order chi connectivity index (χ0) is 12.6. The highest BCUT2D eigenvalue weighted by Gasteiger charge is 2.10. The van der Waals surface area contributed by atoms with E-state index in [0.717, 1.165) is 22.3 Å². The topological polar surface area (TPSA) is 26.0 Å². The van der Waals surface area contributed by atoms with E-state index in [-0.39, 0.29) is 5.82 Å². The van der Waals surface area contributed by atoms with Crippen LogP contribution in [0, 0.1) is 19.7 Å². The first-order valence-electron chi connectivity index (χ1n) is 5.31. The van der Waals surface area contributed by atoms with Crippen LogP contribution >= 0.6 is 11.6 Å². The highest BCUT2D eigenvalue weighted by molar-refractivity contribution is 6.31. The Kier molecular flexibility index (Phi) is 3.07. The maximum atomic E-state index is 13.2. The first kappa shape index (κ1) is 11.9. The standard InChI is InChI=1S/C14H13ClFN/c1-8-5-11(16)6-9(2)14(8)12-4-3-10(15)7-13(12)17/h3-7H,17H2,1-2H3. The van der Waals surface area contributed by atoms with Gasteiger partial charge in [0.25, 0.3) is 0 Å². The summed E-state index contributed by atoms with van der Waals surface area (Å²) in [7, 11) is 0. The molecule has 3 heteroatoms. The van der Waals surface area contributed by atoms with Crippen LogP contribution in [0.5, 0.6) is 0 Å². The number of nitrogens with two attached hydrogens (primary N) is 1. The summed E-state index contributed by atoms with van der Waals surface area (Å²) in [5, 5.41) is 0.601. The third-order valence-corrected chi connectivity index (χ3v) is 3.02. The van der Waals surface area contributed by atoms with Crippen molar-refractivity contribution in [2.45, 2.75) is 13.8 Å². The number of hydrogen-bond donors (Lipinski definition) is 1. The van der Waals surface area contributed by atoms with Gasteiger partial charge in [0.15, 0.2) is 0 Å². The maximum Gasteiger partial charge on any atom is 0.123 e. The molecule has 0 aliphatic heterocycles. The lowest BCUT2D eigenvalue weighted by Gasteiger charge is -2.13. The number of rotatable bonds is 1. The summed E-state index contributed by atoms with van der Waals surface area (Å²) in [6, 6.07) is 8.38. The number of aryl methyl sites for hydroxylation is 2. The molecular formula is C14H13ClFN. The number of hydrogen-bond acceptors (Lipinski definition) is 1. The molecule has 2 rings (SSSR count). The monoisotopic (exact) mass is 249 g/mol. The Morgan fingerprint density at radius 2 is 1.65 bits per heavy atom. The number of nitrogen functional groups attached to an aromatic ring is 1. The summed E-state index contributed by atoms with van der Waals surface area (Å²) in [5.41, 5.74) is 10.2. The zero-order valence-electron chi connectivity index (χ0n) is 9.72. The van der Waals surface area contributed by atoms with Crippen molar-refractivity contribution in [1.82, 2.24) is 0 Å². The second-order valence-electron chi connectivity index (χ2n) is 4.15. The van der Waals surface area contributed by atoms with Crippen molar-refractivity contribution in [2.75, 3.05) is 5.73 Å². The van der Waals surface area contributed by atoms with Gasteiger partial charge in [-0.05, 0) is 54.8 Å². The van der Waals surface area contributed by atoms with Crippen molar-refractivity contribution in [3.8, 4) is 11.1 Å². The molecule has 2 aromatic carbocycles. The smallest absolute Gasteiger partial charge is 0.123 e. The molecule has 0 saturated carbocycles. The summed E-state index contributed by atoms with van der Waals surface area (Å²) in [6.07, 6.45) is 0. The van der Waals surface area contributed by atoms with Gasteiger partial charge in [0.2, 0.25) is 0 Å². The summed E-state index contributed by atoms with van der Waals surface area (Å²) < 4.78 is 13.2. The van der Waals surface area contributed by atoms with Gasteiger partial charge < -0.3 is 5.73 Å². The zero-order valence-corrected chi connectivity index (χ0v) is 10.5. The fourth-order valence-corrected chi connectivity index (χ4v) is 2.28. The van der Waals surface area contributed by atoms with Crippen LogP contribution in [0.3, 0.4) is 0 Å². The lowest BCUT2D eigenvalue weighted by atomic mass is 9.94. The van der Waals surface area contributed by atoms with Crippen LogP contribution in [0.2, 0.25) is 5.02 Å². The Hall–Kier alpha value is -1.54. The first-order chi connectivity index (χ1) is 7.99. The minimum Gasteiger partial charge on any atom is -0.398 e. The predicted molar refractivity (Wildman–Crippen MR) is 70.7 cm³/mol. The predicted octanol–water partition coefficient (Wildman–Crippen LogP) is 4.35. The molecular weight excluding hydrogens is 237 g/mol. The van der Waals surface area contributed by atoms with Crippen molar-refractivity contribution in [3.63, 3.8) is 0 Å². The molecule has 0 saturated heterocycles. The second kappa shape index (κ2) is 4.38. The lowest BCUT2D eigenvalue weighted by Crippen LogP contribution is -1.95. The van der Waals surface area contributed by atoms with E-state index < -0.39 is 0 Å². The number of benzene rings is 2. The molecule has 2 N–H and O–H groups in total. The van der Waals surface area contributed by atoms with Crippen LogP contribution in [0.1, 0.15) is 11.1 Å². The molecule has 0 aliphatic carbocycles. The molecule has 1 nitrogen and oxygen atoms in total. The van der Waals surface area contributed by atoms with Gasteiger partial charge in [-0.15, -0.1) is 0 Å². The highest BCUT2D eigenvalue weighted by Crippen LogP contribution is 2.33. The number of halogens is 2. The van der Waals surface area contributed by atoms with Crippen LogP contribution < -0.4 is 5.73 Å². The minimum absolute atomic E-state index is 0.226. The van der Waals surface area contributed by atoms with Crippen LogP contribution in [0.25, 0.3) is 11.1 Å². The molecule has 88 valence electrons. The molecule has 0 aliphatic rings. The van der Waals surface area contributed by atoms with E-state index >= 15 is 0 Å². The van der Waals surface area contributed by atoms with E-state index in [1.165, 1.54) is 12.1 Å². The molecule has 0 heterocycles. The van der Waals surface area contributed by atoms with Gasteiger partial charge in [-0.2, -0.15) is 0 Å². The molecule has 2 aromatic rings. The van der Waals surface area contributed by atoms with Gasteiger partial charge in [-0.3, -0.25) is 0 Å². The molecule has 0 amide bonds. The molecule has 0 spiro atoms. The van der Waals surface area contributed by atoms with Crippen molar-refractivity contribution in [3.05, 3.63) is 52.3 Å². The van der Waals surface area contributed by atoms with Crippen molar-refractivity contribution < 1.29 is 4.39 Å². The molecule has 0 unspecified atom stereocenters. The van der Waals surface area contributed by atoms with Crippen LogP contribution in [-0.2, 0) is 0 Å².